The van der Waals surface area contributed by atoms with Gasteiger partial charge in [0.2, 0.25) is 0 Å². The molecule has 1 aliphatic rings. The number of nitrogens with one attached hydrogen (secondary N) is 2. The van der Waals surface area contributed by atoms with Gasteiger partial charge in [0, 0.05) is 36.9 Å². The molecule has 1 aliphatic heterocycles. The predicted molar refractivity (Wildman–Crippen MR) is 133 cm³/mol. The molecule has 0 aromatic heterocycles. The van der Waals surface area contributed by atoms with E-state index < -0.39 is 10.0 Å². The summed E-state index contributed by atoms with van der Waals surface area (Å²) in [5, 5.41) is 3.01. The third-order valence-electron chi connectivity index (χ3n) is 5.89. The lowest BCUT2D eigenvalue weighted by molar-refractivity contribution is 0.0124. The van der Waals surface area contributed by atoms with E-state index in [9.17, 15) is 13.2 Å². The first kappa shape index (κ1) is 26.0. The number of carbonyl (C=O) groups is 1. The number of morpholine rings is 1. The zero-order chi connectivity index (χ0) is 24.7. The van der Waals surface area contributed by atoms with Gasteiger partial charge in [-0.1, -0.05) is 19.9 Å². The molecule has 2 aromatic rings. The Labute approximate surface area is 202 Å². The van der Waals surface area contributed by atoms with Crippen molar-refractivity contribution in [3.63, 3.8) is 0 Å². The van der Waals surface area contributed by atoms with Crippen molar-refractivity contribution in [1.82, 2.24) is 10.2 Å². The van der Waals surface area contributed by atoms with Crippen LogP contribution in [0.1, 0.15) is 36.2 Å². The van der Waals surface area contributed by atoms with Crippen LogP contribution in [0.4, 0.5) is 5.69 Å². The topological polar surface area (TPSA) is 97.0 Å². The standard InChI is InChI=1S/C25H35N3O5S/c1-18(2)15-22(28-11-13-33-14-12-28)17-26-25(29)20-6-5-19(3)24(16-20)34(30,31)27-21-7-9-23(32-4)10-8-21/h5-10,16,18,22,27H,11-15,17H2,1-4H3,(H,26,29). The fraction of sp³-hybridized carbons (Fsp3) is 0.480. The Morgan fingerprint density at radius 1 is 1.12 bits per heavy atom. The van der Waals surface area contributed by atoms with E-state index in [1.54, 1.807) is 50.4 Å². The molecule has 0 bridgehead atoms. The molecular formula is C25H35N3O5S. The van der Waals surface area contributed by atoms with E-state index in [0.29, 0.717) is 48.2 Å². The minimum absolute atomic E-state index is 0.0721. The van der Waals surface area contributed by atoms with Crippen molar-refractivity contribution < 1.29 is 22.7 Å². The molecule has 1 unspecified atom stereocenters. The van der Waals surface area contributed by atoms with Gasteiger partial charge >= 0.3 is 0 Å². The van der Waals surface area contributed by atoms with E-state index in [4.69, 9.17) is 9.47 Å². The smallest absolute Gasteiger partial charge is 0.262 e. The Bertz CT molecular complexity index is 1060. The number of aryl methyl sites for hydroxylation is 1. The second-order valence-corrected chi connectivity index (χ2v) is 10.6. The van der Waals surface area contributed by atoms with Gasteiger partial charge in [-0.15, -0.1) is 0 Å². The fourth-order valence-electron chi connectivity index (χ4n) is 4.06. The molecule has 1 fully saturated rings. The number of anilines is 1. The van der Waals surface area contributed by atoms with Crippen LogP contribution in [0, 0.1) is 12.8 Å². The number of hydrogen-bond acceptors (Lipinski definition) is 6. The summed E-state index contributed by atoms with van der Waals surface area (Å²) < 4.78 is 39.3. The highest BCUT2D eigenvalue weighted by molar-refractivity contribution is 7.92. The monoisotopic (exact) mass is 489 g/mol. The number of methoxy groups -OCH3 is 1. The van der Waals surface area contributed by atoms with Crippen molar-refractivity contribution >= 4 is 21.6 Å². The summed E-state index contributed by atoms with van der Waals surface area (Å²) in [6.07, 6.45) is 0.958. The molecule has 0 radical (unpaired) electrons. The number of rotatable bonds is 10. The summed E-state index contributed by atoms with van der Waals surface area (Å²) in [5.74, 6) is 0.832. The number of amides is 1. The average Bonchev–Trinajstić information content (AvgIpc) is 2.82. The molecular weight excluding hydrogens is 454 g/mol. The number of hydrogen-bond donors (Lipinski definition) is 2. The average molecular weight is 490 g/mol. The summed E-state index contributed by atoms with van der Waals surface area (Å²) in [4.78, 5) is 15.4. The largest absolute Gasteiger partial charge is 0.497 e. The van der Waals surface area contributed by atoms with Crippen LogP contribution >= 0.6 is 0 Å². The maximum Gasteiger partial charge on any atom is 0.262 e. The lowest BCUT2D eigenvalue weighted by Gasteiger charge is -2.35. The van der Waals surface area contributed by atoms with Crippen LogP contribution in [0.25, 0.3) is 0 Å². The molecule has 186 valence electrons. The van der Waals surface area contributed by atoms with Crippen molar-refractivity contribution in [1.29, 1.82) is 0 Å². The summed E-state index contributed by atoms with van der Waals surface area (Å²) >= 11 is 0. The highest BCUT2D eigenvalue weighted by atomic mass is 32.2. The Morgan fingerprint density at radius 3 is 2.41 bits per heavy atom. The van der Waals surface area contributed by atoms with Crippen LogP contribution in [0.5, 0.6) is 5.75 Å². The molecule has 0 spiro atoms. The molecule has 0 saturated carbocycles. The quantitative estimate of drug-likeness (QED) is 0.532. The molecule has 0 aliphatic carbocycles. The molecule has 1 heterocycles. The molecule has 2 N–H and O–H groups in total. The summed E-state index contributed by atoms with van der Waals surface area (Å²) in [6.45, 7) is 9.63. The number of sulfonamides is 1. The second kappa shape index (κ2) is 11.7. The first-order valence-corrected chi connectivity index (χ1v) is 13.1. The molecule has 9 heteroatoms. The van der Waals surface area contributed by atoms with Crippen LogP contribution in [0.3, 0.4) is 0 Å². The van der Waals surface area contributed by atoms with Gasteiger partial charge in [0.15, 0.2) is 0 Å². The van der Waals surface area contributed by atoms with E-state index in [0.717, 1.165) is 19.5 Å². The first-order valence-electron chi connectivity index (χ1n) is 11.6. The molecule has 3 rings (SSSR count). The second-order valence-electron chi connectivity index (χ2n) is 8.96. The van der Waals surface area contributed by atoms with E-state index in [1.165, 1.54) is 6.07 Å². The maximum absolute atomic E-state index is 13.1. The molecule has 2 aromatic carbocycles. The summed E-state index contributed by atoms with van der Waals surface area (Å²) in [7, 11) is -2.33. The molecule has 1 amide bonds. The van der Waals surface area contributed by atoms with Gasteiger partial charge in [0.05, 0.1) is 25.2 Å². The zero-order valence-electron chi connectivity index (χ0n) is 20.3. The number of carbonyl (C=O) groups excluding carboxylic acids is 1. The van der Waals surface area contributed by atoms with Crippen LogP contribution in [-0.2, 0) is 14.8 Å². The molecule has 1 saturated heterocycles. The first-order chi connectivity index (χ1) is 16.2. The van der Waals surface area contributed by atoms with Gasteiger partial charge in [0.25, 0.3) is 15.9 Å². The van der Waals surface area contributed by atoms with Gasteiger partial charge in [-0.25, -0.2) is 8.42 Å². The van der Waals surface area contributed by atoms with Gasteiger partial charge in [0.1, 0.15) is 5.75 Å². The van der Waals surface area contributed by atoms with Crippen LogP contribution in [-0.4, -0.2) is 65.2 Å². The fourth-order valence-corrected chi connectivity index (χ4v) is 5.39. The van der Waals surface area contributed by atoms with Gasteiger partial charge < -0.3 is 14.8 Å². The lowest BCUT2D eigenvalue weighted by Crippen LogP contribution is -2.49. The predicted octanol–water partition coefficient (Wildman–Crippen LogP) is 3.28. The van der Waals surface area contributed by atoms with Crippen molar-refractivity contribution in [3.05, 3.63) is 53.6 Å². The van der Waals surface area contributed by atoms with Crippen LogP contribution < -0.4 is 14.8 Å². The normalized spacial score (nSPS) is 15.7. The van der Waals surface area contributed by atoms with Crippen molar-refractivity contribution in [2.75, 3.05) is 44.7 Å². The summed E-state index contributed by atoms with van der Waals surface area (Å²) in [6, 6.07) is 11.6. The lowest BCUT2D eigenvalue weighted by atomic mass is 10.0. The van der Waals surface area contributed by atoms with Gasteiger partial charge in [-0.2, -0.15) is 0 Å². The van der Waals surface area contributed by atoms with E-state index in [1.807, 2.05) is 0 Å². The Morgan fingerprint density at radius 2 is 1.79 bits per heavy atom. The third kappa shape index (κ3) is 6.94. The number of nitrogens with zero attached hydrogens (tertiary/aromatic N) is 1. The highest BCUT2D eigenvalue weighted by Crippen LogP contribution is 2.23. The Kier molecular flexibility index (Phi) is 8.93. The summed E-state index contributed by atoms with van der Waals surface area (Å²) in [5.41, 5.74) is 1.28. The molecule has 34 heavy (non-hydrogen) atoms. The molecule has 1 atom stereocenters. The van der Waals surface area contributed by atoms with Crippen molar-refractivity contribution in [2.45, 2.75) is 38.1 Å². The van der Waals surface area contributed by atoms with Gasteiger partial charge in [-0.3, -0.25) is 14.4 Å². The maximum atomic E-state index is 13.1. The minimum atomic E-state index is -3.88. The third-order valence-corrected chi connectivity index (χ3v) is 7.41. The van der Waals surface area contributed by atoms with Crippen LogP contribution in [0.2, 0.25) is 0 Å². The van der Waals surface area contributed by atoms with E-state index in [2.05, 4.69) is 28.8 Å². The zero-order valence-corrected chi connectivity index (χ0v) is 21.2. The van der Waals surface area contributed by atoms with Crippen LogP contribution in [0.15, 0.2) is 47.4 Å². The molecule has 8 nitrogen and oxygen atoms in total. The SMILES string of the molecule is COc1ccc(NS(=O)(=O)c2cc(C(=O)NCC(CC(C)C)N3CCOCC3)ccc2C)cc1. The van der Waals surface area contributed by atoms with Gasteiger partial charge in [-0.05, 0) is 61.2 Å². The number of ether oxygens (including phenoxy) is 2. The van der Waals surface area contributed by atoms with Crippen molar-refractivity contribution in [2.24, 2.45) is 5.92 Å². The van der Waals surface area contributed by atoms with Crippen molar-refractivity contribution in [3.8, 4) is 5.75 Å². The van der Waals surface area contributed by atoms with E-state index >= 15 is 0 Å². The number of benzene rings is 2. The Hall–Kier alpha value is -2.62. The Balaban J connectivity index is 1.72. The minimum Gasteiger partial charge on any atom is -0.497 e. The van der Waals surface area contributed by atoms with E-state index in [-0.39, 0.29) is 16.8 Å². The highest BCUT2D eigenvalue weighted by Gasteiger charge is 2.24.